The van der Waals surface area contributed by atoms with E-state index in [0.29, 0.717) is 18.9 Å². The van der Waals surface area contributed by atoms with Gasteiger partial charge in [0.1, 0.15) is 0 Å². The second kappa shape index (κ2) is 7.25. The van der Waals surface area contributed by atoms with Gasteiger partial charge >= 0.3 is 5.97 Å². The summed E-state index contributed by atoms with van der Waals surface area (Å²) in [5.74, 6) is -0.150. The Kier molecular flexibility index (Phi) is 5.37. The first-order valence-electron chi connectivity index (χ1n) is 7.67. The molecule has 0 bridgehead atoms. The number of carbonyl (C=O) groups excluding carboxylic acids is 1. The molecule has 4 heteroatoms. The first kappa shape index (κ1) is 15.5. The fourth-order valence-electron chi connectivity index (χ4n) is 2.90. The summed E-state index contributed by atoms with van der Waals surface area (Å²) in [6.45, 7) is 2.25. The van der Waals surface area contributed by atoms with Crippen molar-refractivity contribution in [2.24, 2.45) is 5.92 Å². The van der Waals surface area contributed by atoms with Crippen LogP contribution in [0.25, 0.3) is 0 Å². The SMILES string of the molecule is CC1CCC(NC(=O)CCc2ccccc2C(=O)O)CC1. The van der Waals surface area contributed by atoms with E-state index in [-0.39, 0.29) is 11.5 Å². The van der Waals surface area contributed by atoms with Crippen molar-refractivity contribution in [3.63, 3.8) is 0 Å². The Labute approximate surface area is 125 Å². The van der Waals surface area contributed by atoms with Crippen molar-refractivity contribution in [3.05, 3.63) is 35.4 Å². The molecule has 2 rings (SSSR count). The highest BCUT2D eigenvalue weighted by Crippen LogP contribution is 2.23. The molecular formula is C17H23NO3. The Hall–Kier alpha value is -1.84. The molecule has 0 aliphatic heterocycles. The van der Waals surface area contributed by atoms with Crippen LogP contribution in [-0.4, -0.2) is 23.0 Å². The minimum absolute atomic E-state index is 0.0229. The van der Waals surface area contributed by atoms with Crippen LogP contribution in [0.4, 0.5) is 0 Å². The highest BCUT2D eigenvalue weighted by atomic mass is 16.4. The number of amides is 1. The number of nitrogens with one attached hydrogen (secondary N) is 1. The van der Waals surface area contributed by atoms with Crippen molar-refractivity contribution < 1.29 is 14.7 Å². The molecule has 1 aliphatic carbocycles. The third-order valence-corrected chi connectivity index (χ3v) is 4.25. The van der Waals surface area contributed by atoms with Crippen molar-refractivity contribution in [3.8, 4) is 0 Å². The Balaban J connectivity index is 1.83. The summed E-state index contributed by atoms with van der Waals surface area (Å²) in [5.41, 5.74) is 1.01. The number of carboxylic acids is 1. The number of carboxylic acid groups (broad SMARTS) is 1. The van der Waals surface area contributed by atoms with E-state index in [1.807, 2.05) is 6.07 Å². The van der Waals surface area contributed by atoms with Crippen LogP contribution < -0.4 is 5.32 Å². The van der Waals surface area contributed by atoms with Gasteiger partial charge in [0.25, 0.3) is 0 Å². The van der Waals surface area contributed by atoms with E-state index < -0.39 is 5.97 Å². The average Bonchev–Trinajstić information content (AvgIpc) is 2.48. The molecule has 0 atom stereocenters. The summed E-state index contributed by atoms with van der Waals surface area (Å²) in [6.07, 6.45) is 5.27. The first-order valence-corrected chi connectivity index (χ1v) is 7.67. The van der Waals surface area contributed by atoms with E-state index in [4.69, 9.17) is 5.11 Å². The second-order valence-electron chi connectivity index (χ2n) is 5.99. The normalized spacial score (nSPS) is 21.8. The molecule has 1 saturated carbocycles. The van der Waals surface area contributed by atoms with Crippen LogP contribution >= 0.6 is 0 Å². The zero-order chi connectivity index (χ0) is 15.2. The van der Waals surface area contributed by atoms with Crippen molar-refractivity contribution in [1.29, 1.82) is 0 Å². The van der Waals surface area contributed by atoms with E-state index in [9.17, 15) is 9.59 Å². The summed E-state index contributed by atoms with van der Waals surface area (Å²) in [6, 6.07) is 7.17. The third-order valence-electron chi connectivity index (χ3n) is 4.25. The number of aryl methyl sites for hydroxylation is 1. The second-order valence-corrected chi connectivity index (χ2v) is 5.99. The monoisotopic (exact) mass is 289 g/mol. The molecule has 1 fully saturated rings. The van der Waals surface area contributed by atoms with Gasteiger partial charge in [0, 0.05) is 12.5 Å². The van der Waals surface area contributed by atoms with Crippen molar-refractivity contribution in [1.82, 2.24) is 5.32 Å². The molecule has 2 N–H and O–H groups in total. The van der Waals surface area contributed by atoms with Gasteiger partial charge in [0.05, 0.1) is 5.56 Å². The standard InChI is InChI=1S/C17H23NO3/c1-12-6-9-14(10-7-12)18-16(19)11-8-13-4-2-3-5-15(13)17(20)21/h2-5,12,14H,6-11H2,1H3,(H,18,19)(H,20,21). The fraction of sp³-hybridized carbons (Fsp3) is 0.529. The van der Waals surface area contributed by atoms with Gasteiger partial charge in [-0.3, -0.25) is 4.79 Å². The summed E-state index contributed by atoms with van der Waals surface area (Å²) in [7, 11) is 0. The van der Waals surface area contributed by atoms with Gasteiger partial charge in [-0.2, -0.15) is 0 Å². The minimum Gasteiger partial charge on any atom is -0.478 e. The van der Waals surface area contributed by atoms with Crippen molar-refractivity contribution in [2.45, 2.75) is 51.5 Å². The zero-order valence-electron chi connectivity index (χ0n) is 12.5. The maximum atomic E-state index is 12.0. The van der Waals surface area contributed by atoms with Crippen LogP contribution in [0, 0.1) is 5.92 Å². The fourth-order valence-corrected chi connectivity index (χ4v) is 2.90. The van der Waals surface area contributed by atoms with E-state index >= 15 is 0 Å². The van der Waals surface area contributed by atoms with Gasteiger partial charge in [-0.1, -0.05) is 25.1 Å². The predicted octanol–water partition coefficient (Wildman–Crippen LogP) is 3.01. The van der Waals surface area contributed by atoms with Crippen molar-refractivity contribution in [2.75, 3.05) is 0 Å². The van der Waals surface area contributed by atoms with E-state index in [2.05, 4.69) is 12.2 Å². The molecule has 21 heavy (non-hydrogen) atoms. The summed E-state index contributed by atoms with van der Waals surface area (Å²) in [5, 5.41) is 12.2. The Morgan fingerprint density at radius 2 is 1.86 bits per heavy atom. The highest BCUT2D eigenvalue weighted by molar-refractivity contribution is 5.89. The van der Waals surface area contributed by atoms with Crippen LogP contribution in [-0.2, 0) is 11.2 Å². The summed E-state index contributed by atoms with van der Waals surface area (Å²) in [4.78, 5) is 23.1. The average molecular weight is 289 g/mol. The largest absolute Gasteiger partial charge is 0.478 e. The Morgan fingerprint density at radius 1 is 1.19 bits per heavy atom. The van der Waals surface area contributed by atoms with Crippen molar-refractivity contribution >= 4 is 11.9 Å². The number of rotatable bonds is 5. The molecular weight excluding hydrogens is 266 g/mol. The Bertz CT molecular complexity index is 505. The zero-order valence-corrected chi connectivity index (χ0v) is 12.5. The van der Waals surface area contributed by atoms with Crippen LogP contribution in [0.3, 0.4) is 0 Å². The van der Waals surface area contributed by atoms with Gasteiger partial charge in [0.2, 0.25) is 5.91 Å². The molecule has 1 aliphatic rings. The first-order chi connectivity index (χ1) is 10.1. The predicted molar refractivity (Wildman–Crippen MR) is 81.3 cm³/mol. The topological polar surface area (TPSA) is 66.4 Å². The molecule has 1 aromatic carbocycles. The maximum absolute atomic E-state index is 12.0. The smallest absolute Gasteiger partial charge is 0.335 e. The van der Waals surface area contributed by atoms with Crippen LogP contribution in [0.5, 0.6) is 0 Å². The number of carbonyl (C=O) groups is 2. The minimum atomic E-state index is -0.938. The maximum Gasteiger partial charge on any atom is 0.335 e. The van der Waals surface area contributed by atoms with E-state index in [0.717, 1.165) is 24.3 Å². The van der Waals surface area contributed by atoms with Gasteiger partial charge in [0.15, 0.2) is 0 Å². The van der Waals surface area contributed by atoms with Gasteiger partial charge < -0.3 is 10.4 Å². The lowest BCUT2D eigenvalue weighted by Gasteiger charge is -2.26. The molecule has 1 aromatic rings. The quantitative estimate of drug-likeness (QED) is 0.875. The number of hydrogen-bond donors (Lipinski definition) is 2. The summed E-state index contributed by atoms with van der Waals surface area (Å²) < 4.78 is 0. The molecule has 0 heterocycles. The Morgan fingerprint density at radius 3 is 2.52 bits per heavy atom. The number of hydrogen-bond acceptors (Lipinski definition) is 2. The van der Waals surface area contributed by atoms with Gasteiger partial charge in [-0.25, -0.2) is 4.79 Å². The lowest BCUT2D eigenvalue weighted by Crippen LogP contribution is -2.37. The number of aromatic carboxylic acids is 1. The molecule has 0 spiro atoms. The lowest BCUT2D eigenvalue weighted by atomic mass is 9.87. The van der Waals surface area contributed by atoms with Gasteiger partial charge in [-0.05, 0) is 49.7 Å². The van der Waals surface area contributed by atoms with Crippen LogP contribution in [0.15, 0.2) is 24.3 Å². The molecule has 0 saturated heterocycles. The third kappa shape index (κ3) is 4.59. The number of benzene rings is 1. The molecule has 114 valence electrons. The van der Waals surface area contributed by atoms with Gasteiger partial charge in [-0.15, -0.1) is 0 Å². The molecule has 0 radical (unpaired) electrons. The molecule has 0 unspecified atom stereocenters. The van der Waals surface area contributed by atoms with Crippen LogP contribution in [0.1, 0.15) is 54.9 Å². The molecule has 0 aromatic heterocycles. The van der Waals surface area contributed by atoms with E-state index in [1.165, 1.54) is 12.8 Å². The molecule has 4 nitrogen and oxygen atoms in total. The van der Waals surface area contributed by atoms with E-state index in [1.54, 1.807) is 18.2 Å². The summed E-state index contributed by atoms with van der Waals surface area (Å²) >= 11 is 0. The van der Waals surface area contributed by atoms with Crippen LogP contribution in [0.2, 0.25) is 0 Å². The lowest BCUT2D eigenvalue weighted by molar-refractivity contribution is -0.122. The highest BCUT2D eigenvalue weighted by Gasteiger charge is 2.19. The molecule has 1 amide bonds.